The van der Waals surface area contributed by atoms with Gasteiger partial charge in [-0.2, -0.15) is 0 Å². The van der Waals surface area contributed by atoms with Crippen LogP contribution in [-0.4, -0.2) is 25.6 Å². The van der Waals surface area contributed by atoms with Gasteiger partial charge in [0.15, 0.2) is 5.96 Å². The van der Waals surface area contributed by atoms with Gasteiger partial charge in [0.2, 0.25) is 0 Å². The summed E-state index contributed by atoms with van der Waals surface area (Å²) >= 11 is 0. The van der Waals surface area contributed by atoms with Gasteiger partial charge in [-0.05, 0) is 26.2 Å². The summed E-state index contributed by atoms with van der Waals surface area (Å²) in [5, 5.41) is 6.70. The van der Waals surface area contributed by atoms with Crippen LogP contribution in [0, 0.1) is 5.92 Å². The minimum absolute atomic E-state index is 0.432. The SMILES string of the molecule is CCCCC(CC)CNC(=NC)NC(C)C. The van der Waals surface area contributed by atoms with E-state index in [0.717, 1.165) is 18.4 Å². The molecule has 0 spiro atoms. The summed E-state index contributed by atoms with van der Waals surface area (Å²) in [6, 6.07) is 0.432. The zero-order valence-corrected chi connectivity index (χ0v) is 11.6. The molecule has 0 bridgehead atoms. The van der Waals surface area contributed by atoms with Crippen LogP contribution >= 0.6 is 0 Å². The monoisotopic (exact) mass is 227 g/mol. The van der Waals surface area contributed by atoms with Crippen LogP contribution in [0.5, 0.6) is 0 Å². The van der Waals surface area contributed by atoms with Crippen LogP contribution in [0.15, 0.2) is 4.99 Å². The van der Waals surface area contributed by atoms with E-state index in [2.05, 4.69) is 43.3 Å². The highest BCUT2D eigenvalue weighted by Crippen LogP contribution is 2.10. The number of nitrogens with zero attached hydrogens (tertiary/aromatic N) is 1. The average molecular weight is 227 g/mol. The van der Waals surface area contributed by atoms with E-state index in [9.17, 15) is 0 Å². The number of unbranched alkanes of at least 4 members (excludes halogenated alkanes) is 1. The molecule has 96 valence electrons. The molecule has 3 heteroatoms. The largest absolute Gasteiger partial charge is 0.356 e. The molecular weight excluding hydrogens is 198 g/mol. The van der Waals surface area contributed by atoms with Gasteiger partial charge in [0.25, 0.3) is 0 Å². The summed E-state index contributed by atoms with van der Waals surface area (Å²) in [5.41, 5.74) is 0. The summed E-state index contributed by atoms with van der Waals surface area (Å²) in [6.07, 6.45) is 5.18. The quantitative estimate of drug-likeness (QED) is 0.518. The minimum Gasteiger partial charge on any atom is -0.356 e. The number of hydrogen-bond acceptors (Lipinski definition) is 1. The third kappa shape index (κ3) is 7.55. The van der Waals surface area contributed by atoms with Gasteiger partial charge in [-0.1, -0.05) is 33.1 Å². The zero-order valence-electron chi connectivity index (χ0n) is 11.6. The van der Waals surface area contributed by atoms with Crippen molar-refractivity contribution in [3.63, 3.8) is 0 Å². The lowest BCUT2D eigenvalue weighted by Crippen LogP contribution is -2.42. The second-order valence-corrected chi connectivity index (χ2v) is 4.67. The van der Waals surface area contributed by atoms with Crippen molar-refractivity contribution in [2.24, 2.45) is 10.9 Å². The fourth-order valence-electron chi connectivity index (χ4n) is 1.65. The predicted molar refractivity (Wildman–Crippen MR) is 72.9 cm³/mol. The third-order valence-corrected chi connectivity index (χ3v) is 2.75. The third-order valence-electron chi connectivity index (χ3n) is 2.75. The maximum atomic E-state index is 4.21. The van der Waals surface area contributed by atoms with Crippen LogP contribution in [-0.2, 0) is 0 Å². The van der Waals surface area contributed by atoms with Gasteiger partial charge in [-0.25, -0.2) is 0 Å². The number of rotatable bonds is 7. The van der Waals surface area contributed by atoms with Gasteiger partial charge in [-0.3, -0.25) is 4.99 Å². The summed E-state index contributed by atoms with van der Waals surface area (Å²) < 4.78 is 0. The molecule has 0 rings (SSSR count). The van der Waals surface area contributed by atoms with Crippen LogP contribution in [0.2, 0.25) is 0 Å². The van der Waals surface area contributed by atoms with E-state index in [1.165, 1.54) is 25.7 Å². The standard InChI is InChI=1S/C13H29N3/c1-6-8-9-12(7-2)10-15-13(14-5)16-11(3)4/h11-12H,6-10H2,1-5H3,(H2,14,15,16). The summed E-state index contributed by atoms with van der Waals surface area (Å²) in [4.78, 5) is 4.21. The van der Waals surface area contributed by atoms with Gasteiger partial charge in [-0.15, -0.1) is 0 Å². The molecule has 0 aromatic rings. The number of aliphatic imine (C=N–C) groups is 1. The van der Waals surface area contributed by atoms with Crippen LogP contribution in [0.1, 0.15) is 53.4 Å². The Morgan fingerprint density at radius 2 is 1.94 bits per heavy atom. The molecule has 16 heavy (non-hydrogen) atoms. The number of guanidine groups is 1. The molecule has 0 radical (unpaired) electrons. The van der Waals surface area contributed by atoms with Crippen molar-refractivity contribution in [2.75, 3.05) is 13.6 Å². The maximum absolute atomic E-state index is 4.21. The highest BCUT2D eigenvalue weighted by atomic mass is 15.2. The van der Waals surface area contributed by atoms with Crippen molar-refractivity contribution in [3.05, 3.63) is 0 Å². The molecule has 0 saturated heterocycles. The number of nitrogens with one attached hydrogen (secondary N) is 2. The van der Waals surface area contributed by atoms with E-state index in [0.29, 0.717) is 6.04 Å². The molecule has 0 aliphatic carbocycles. The Kier molecular flexibility index (Phi) is 9.06. The Morgan fingerprint density at radius 1 is 1.25 bits per heavy atom. The first-order valence-corrected chi connectivity index (χ1v) is 6.61. The molecule has 0 saturated carbocycles. The van der Waals surface area contributed by atoms with Crippen LogP contribution in [0.25, 0.3) is 0 Å². The van der Waals surface area contributed by atoms with Gasteiger partial charge >= 0.3 is 0 Å². The molecule has 0 aromatic carbocycles. The van der Waals surface area contributed by atoms with E-state index in [4.69, 9.17) is 0 Å². The molecular formula is C13H29N3. The van der Waals surface area contributed by atoms with E-state index in [1.807, 2.05) is 7.05 Å². The zero-order chi connectivity index (χ0) is 12.4. The molecule has 0 amide bonds. The number of hydrogen-bond donors (Lipinski definition) is 2. The fraction of sp³-hybridized carbons (Fsp3) is 0.923. The average Bonchev–Trinajstić information content (AvgIpc) is 2.27. The van der Waals surface area contributed by atoms with E-state index in [-0.39, 0.29) is 0 Å². The molecule has 0 fully saturated rings. The minimum atomic E-state index is 0.432. The molecule has 3 nitrogen and oxygen atoms in total. The molecule has 1 atom stereocenters. The van der Waals surface area contributed by atoms with E-state index in [1.54, 1.807) is 0 Å². The highest BCUT2D eigenvalue weighted by molar-refractivity contribution is 5.79. The van der Waals surface area contributed by atoms with Crippen molar-refractivity contribution in [3.8, 4) is 0 Å². The Morgan fingerprint density at radius 3 is 2.38 bits per heavy atom. The molecule has 0 aromatic heterocycles. The van der Waals surface area contributed by atoms with Crippen LogP contribution in [0.3, 0.4) is 0 Å². The lowest BCUT2D eigenvalue weighted by atomic mass is 9.99. The second-order valence-electron chi connectivity index (χ2n) is 4.67. The van der Waals surface area contributed by atoms with Crippen molar-refractivity contribution in [2.45, 2.75) is 59.4 Å². The topological polar surface area (TPSA) is 36.4 Å². The van der Waals surface area contributed by atoms with Crippen LogP contribution < -0.4 is 10.6 Å². The molecule has 0 aliphatic rings. The van der Waals surface area contributed by atoms with Crippen LogP contribution in [0.4, 0.5) is 0 Å². The summed E-state index contributed by atoms with van der Waals surface area (Å²) in [7, 11) is 1.82. The van der Waals surface area contributed by atoms with Crippen molar-refractivity contribution in [1.29, 1.82) is 0 Å². The normalized spacial score (nSPS) is 14.0. The Bertz CT molecular complexity index is 188. The highest BCUT2D eigenvalue weighted by Gasteiger charge is 2.07. The lowest BCUT2D eigenvalue weighted by Gasteiger charge is -2.19. The Labute approximate surface area is 101 Å². The summed E-state index contributed by atoms with van der Waals surface area (Å²) in [6.45, 7) is 9.80. The van der Waals surface area contributed by atoms with E-state index < -0.39 is 0 Å². The Hall–Kier alpha value is -0.730. The molecule has 0 heterocycles. The van der Waals surface area contributed by atoms with Crippen molar-refractivity contribution >= 4 is 5.96 Å². The van der Waals surface area contributed by atoms with Crippen molar-refractivity contribution in [1.82, 2.24) is 10.6 Å². The Balaban J connectivity index is 3.88. The second kappa shape index (κ2) is 9.49. The van der Waals surface area contributed by atoms with E-state index >= 15 is 0 Å². The van der Waals surface area contributed by atoms with Gasteiger partial charge in [0.05, 0.1) is 0 Å². The first-order chi connectivity index (χ1) is 7.63. The fourth-order valence-corrected chi connectivity index (χ4v) is 1.65. The molecule has 1 unspecified atom stereocenters. The maximum Gasteiger partial charge on any atom is 0.191 e. The summed E-state index contributed by atoms with van der Waals surface area (Å²) in [5.74, 6) is 1.69. The molecule has 0 aliphatic heterocycles. The first kappa shape index (κ1) is 15.3. The lowest BCUT2D eigenvalue weighted by molar-refractivity contribution is 0.443. The predicted octanol–water partition coefficient (Wildman–Crippen LogP) is 2.78. The van der Waals surface area contributed by atoms with Gasteiger partial charge in [0.1, 0.15) is 0 Å². The molecule has 2 N–H and O–H groups in total. The van der Waals surface area contributed by atoms with Crippen molar-refractivity contribution < 1.29 is 0 Å². The smallest absolute Gasteiger partial charge is 0.191 e. The van der Waals surface area contributed by atoms with Gasteiger partial charge < -0.3 is 10.6 Å². The van der Waals surface area contributed by atoms with Gasteiger partial charge in [0, 0.05) is 19.6 Å². The first-order valence-electron chi connectivity index (χ1n) is 6.61.